The minimum absolute atomic E-state index is 0.151. The van der Waals surface area contributed by atoms with Crippen molar-refractivity contribution >= 4 is 23.6 Å². The van der Waals surface area contributed by atoms with Crippen LogP contribution in [0.15, 0.2) is 0 Å². The van der Waals surface area contributed by atoms with Gasteiger partial charge in [-0.2, -0.15) is 0 Å². The number of carboxylic acids is 1. The van der Waals surface area contributed by atoms with Gasteiger partial charge >= 0.3 is 5.97 Å². The molecule has 1 rings (SSSR count). The molecular formula is C11H19NO3S. The predicted octanol–water partition coefficient (Wildman–Crippen LogP) is 1.64. The van der Waals surface area contributed by atoms with Crippen molar-refractivity contribution in [2.45, 2.75) is 50.3 Å². The third kappa shape index (κ3) is 2.51. The first-order valence-corrected chi connectivity index (χ1v) is 6.52. The van der Waals surface area contributed by atoms with Gasteiger partial charge in [0.2, 0.25) is 5.91 Å². The molecule has 92 valence electrons. The lowest BCUT2D eigenvalue weighted by Crippen LogP contribution is -2.56. The maximum atomic E-state index is 12.1. The van der Waals surface area contributed by atoms with Crippen molar-refractivity contribution in [3.05, 3.63) is 0 Å². The van der Waals surface area contributed by atoms with Gasteiger partial charge in [-0.05, 0) is 38.9 Å². The number of aliphatic carboxylic acids is 1. The number of nitrogens with one attached hydrogen (secondary N) is 1. The summed E-state index contributed by atoms with van der Waals surface area (Å²) in [7, 11) is 0. The lowest BCUT2D eigenvalue weighted by molar-refractivity contribution is -0.147. The van der Waals surface area contributed by atoms with Crippen molar-refractivity contribution in [2.75, 3.05) is 5.75 Å². The summed E-state index contributed by atoms with van der Waals surface area (Å²) in [6.45, 7) is 5.20. The van der Waals surface area contributed by atoms with Gasteiger partial charge in [-0.1, -0.05) is 6.92 Å². The second kappa shape index (κ2) is 4.65. The topological polar surface area (TPSA) is 66.4 Å². The Morgan fingerprint density at radius 1 is 1.56 bits per heavy atom. The Labute approximate surface area is 100 Å². The Bertz CT molecular complexity index is 300. The van der Waals surface area contributed by atoms with Crippen LogP contribution in [0, 0.1) is 0 Å². The second-order valence-electron chi connectivity index (χ2n) is 4.63. The second-order valence-corrected chi connectivity index (χ2v) is 6.23. The van der Waals surface area contributed by atoms with Crippen LogP contribution in [-0.4, -0.2) is 33.0 Å². The molecule has 0 aromatic heterocycles. The van der Waals surface area contributed by atoms with Crippen molar-refractivity contribution in [3.8, 4) is 0 Å². The van der Waals surface area contributed by atoms with E-state index in [1.807, 2.05) is 6.92 Å². The summed E-state index contributed by atoms with van der Waals surface area (Å²) in [6, 6.07) is 0. The zero-order valence-electron chi connectivity index (χ0n) is 10.0. The molecule has 0 aliphatic carbocycles. The highest BCUT2D eigenvalue weighted by Gasteiger charge is 2.42. The molecule has 0 aromatic carbocycles. The number of thioether (sulfide) groups is 1. The van der Waals surface area contributed by atoms with Gasteiger partial charge in [0.05, 0.1) is 4.75 Å². The van der Waals surface area contributed by atoms with Crippen molar-refractivity contribution in [1.82, 2.24) is 5.32 Å². The van der Waals surface area contributed by atoms with Crippen LogP contribution in [-0.2, 0) is 9.59 Å². The number of rotatable bonds is 4. The van der Waals surface area contributed by atoms with Gasteiger partial charge in [0.15, 0.2) is 0 Å². The summed E-state index contributed by atoms with van der Waals surface area (Å²) in [5.41, 5.74) is -1.15. The van der Waals surface area contributed by atoms with Gasteiger partial charge in [0, 0.05) is 0 Å². The van der Waals surface area contributed by atoms with Crippen LogP contribution in [0.25, 0.3) is 0 Å². The molecule has 1 aliphatic heterocycles. The Kier molecular flexibility index (Phi) is 3.88. The van der Waals surface area contributed by atoms with E-state index in [0.717, 1.165) is 18.6 Å². The highest BCUT2D eigenvalue weighted by atomic mass is 32.2. The molecule has 1 heterocycles. The van der Waals surface area contributed by atoms with Crippen LogP contribution in [0.3, 0.4) is 0 Å². The van der Waals surface area contributed by atoms with Gasteiger partial charge in [0.1, 0.15) is 5.54 Å². The van der Waals surface area contributed by atoms with Gasteiger partial charge in [-0.15, -0.1) is 11.8 Å². The minimum Gasteiger partial charge on any atom is -0.480 e. The van der Waals surface area contributed by atoms with E-state index in [1.165, 1.54) is 0 Å². The number of carbonyl (C=O) groups is 2. The quantitative estimate of drug-likeness (QED) is 0.790. The first-order chi connectivity index (χ1) is 7.34. The van der Waals surface area contributed by atoms with Crippen molar-refractivity contribution in [2.24, 2.45) is 0 Å². The summed E-state index contributed by atoms with van der Waals surface area (Å²) in [4.78, 5) is 23.1. The van der Waals surface area contributed by atoms with E-state index in [-0.39, 0.29) is 5.91 Å². The highest BCUT2D eigenvalue weighted by molar-refractivity contribution is 8.01. The monoisotopic (exact) mass is 245 g/mol. The van der Waals surface area contributed by atoms with Gasteiger partial charge < -0.3 is 10.4 Å². The van der Waals surface area contributed by atoms with Crippen molar-refractivity contribution in [3.63, 3.8) is 0 Å². The maximum absolute atomic E-state index is 12.1. The van der Waals surface area contributed by atoms with E-state index < -0.39 is 16.3 Å². The molecule has 0 radical (unpaired) electrons. The van der Waals surface area contributed by atoms with E-state index in [0.29, 0.717) is 6.42 Å². The fraction of sp³-hybridized carbons (Fsp3) is 0.818. The van der Waals surface area contributed by atoms with Crippen LogP contribution in [0.4, 0.5) is 0 Å². The molecule has 4 nitrogen and oxygen atoms in total. The molecular weight excluding hydrogens is 226 g/mol. The summed E-state index contributed by atoms with van der Waals surface area (Å²) in [5.74, 6) is -0.156. The van der Waals surface area contributed by atoms with Crippen LogP contribution < -0.4 is 5.32 Å². The zero-order valence-corrected chi connectivity index (χ0v) is 10.8. The average molecular weight is 245 g/mol. The van der Waals surface area contributed by atoms with E-state index in [2.05, 4.69) is 5.32 Å². The van der Waals surface area contributed by atoms with Crippen LogP contribution in [0.1, 0.15) is 40.0 Å². The summed E-state index contributed by atoms with van der Waals surface area (Å²) < 4.78 is -0.452. The molecule has 5 heteroatoms. The Morgan fingerprint density at radius 2 is 2.19 bits per heavy atom. The fourth-order valence-electron chi connectivity index (χ4n) is 1.63. The van der Waals surface area contributed by atoms with Gasteiger partial charge in [0.25, 0.3) is 0 Å². The van der Waals surface area contributed by atoms with E-state index in [4.69, 9.17) is 5.11 Å². The molecule has 0 spiro atoms. The fourth-order valence-corrected chi connectivity index (χ4v) is 2.84. The molecule has 1 fully saturated rings. The third-order valence-corrected chi connectivity index (χ3v) is 4.79. The summed E-state index contributed by atoms with van der Waals surface area (Å²) in [6.07, 6.45) is 2.22. The molecule has 0 saturated carbocycles. The van der Waals surface area contributed by atoms with Crippen LogP contribution >= 0.6 is 11.8 Å². The lowest BCUT2D eigenvalue weighted by Gasteiger charge is -2.30. The molecule has 2 atom stereocenters. The summed E-state index contributed by atoms with van der Waals surface area (Å²) in [5, 5.41) is 11.8. The SMILES string of the molecule is CCC(C)(NC(=O)C1(C)CCCS1)C(=O)O. The largest absolute Gasteiger partial charge is 0.480 e. The van der Waals surface area contributed by atoms with Crippen LogP contribution in [0.2, 0.25) is 0 Å². The van der Waals surface area contributed by atoms with Crippen molar-refractivity contribution < 1.29 is 14.7 Å². The summed E-state index contributed by atoms with van der Waals surface area (Å²) >= 11 is 1.61. The molecule has 16 heavy (non-hydrogen) atoms. The first-order valence-electron chi connectivity index (χ1n) is 5.54. The molecule has 0 bridgehead atoms. The maximum Gasteiger partial charge on any atom is 0.329 e. The Morgan fingerprint density at radius 3 is 2.56 bits per heavy atom. The normalized spacial score (nSPS) is 28.4. The van der Waals surface area contributed by atoms with E-state index in [9.17, 15) is 9.59 Å². The standard InChI is InChI=1S/C11H19NO3S/c1-4-10(2,9(14)15)12-8(13)11(3)6-5-7-16-11/h4-7H2,1-3H3,(H,12,13)(H,14,15). The number of hydrogen-bond acceptors (Lipinski definition) is 3. The smallest absolute Gasteiger partial charge is 0.329 e. The Hall–Kier alpha value is -0.710. The molecule has 0 aromatic rings. The minimum atomic E-state index is -1.15. The van der Waals surface area contributed by atoms with Crippen molar-refractivity contribution in [1.29, 1.82) is 0 Å². The lowest BCUT2D eigenvalue weighted by atomic mass is 9.96. The average Bonchev–Trinajstić information content (AvgIpc) is 2.66. The number of carbonyl (C=O) groups excluding carboxylic acids is 1. The number of hydrogen-bond donors (Lipinski definition) is 2. The molecule has 2 unspecified atom stereocenters. The predicted molar refractivity (Wildman–Crippen MR) is 64.6 cm³/mol. The third-order valence-electron chi connectivity index (χ3n) is 3.27. The Balaban J connectivity index is 2.73. The molecule has 2 N–H and O–H groups in total. The number of amides is 1. The van der Waals surface area contributed by atoms with E-state index in [1.54, 1.807) is 25.6 Å². The zero-order chi connectivity index (χ0) is 12.4. The molecule has 1 saturated heterocycles. The van der Waals surface area contributed by atoms with E-state index >= 15 is 0 Å². The highest BCUT2D eigenvalue weighted by Crippen LogP contribution is 2.38. The van der Waals surface area contributed by atoms with Crippen LogP contribution in [0.5, 0.6) is 0 Å². The number of carboxylic acid groups (broad SMARTS) is 1. The molecule has 1 amide bonds. The first kappa shape index (κ1) is 13.4. The molecule has 1 aliphatic rings. The van der Waals surface area contributed by atoms with Gasteiger partial charge in [-0.25, -0.2) is 4.79 Å². The van der Waals surface area contributed by atoms with Gasteiger partial charge in [-0.3, -0.25) is 4.79 Å².